The number of nitrogens with one attached hydrogen (secondary N) is 2. The highest BCUT2D eigenvalue weighted by Crippen LogP contribution is 2.22. The van der Waals surface area contributed by atoms with E-state index in [2.05, 4.69) is 15.0 Å². The topological polar surface area (TPSA) is 87.6 Å². The third-order valence-electron chi connectivity index (χ3n) is 4.41. The van der Waals surface area contributed by atoms with E-state index in [4.69, 9.17) is 0 Å². The van der Waals surface area contributed by atoms with Crippen LogP contribution in [0.1, 0.15) is 36.8 Å². The van der Waals surface area contributed by atoms with E-state index >= 15 is 0 Å². The maximum Gasteiger partial charge on any atom is 0.263 e. The van der Waals surface area contributed by atoms with Crippen molar-refractivity contribution in [3.05, 3.63) is 59.7 Å². The summed E-state index contributed by atoms with van der Waals surface area (Å²) in [6.45, 7) is 2.48. The van der Waals surface area contributed by atoms with Crippen LogP contribution < -0.4 is 10.0 Å². The van der Waals surface area contributed by atoms with Crippen molar-refractivity contribution in [2.45, 2.75) is 37.5 Å². The molecule has 1 aliphatic heterocycles. The van der Waals surface area contributed by atoms with Gasteiger partial charge in [-0.05, 0) is 43.5 Å². The SMILES string of the molecule is Cc1ccccc1NC(=O)CCCCCN=C1NS(=O)(=O)c2ccccc21. The average molecular weight is 385 g/mol. The summed E-state index contributed by atoms with van der Waals surface area (Å²) in [6.07, 6.45) is 2.88. The van der Waals surface area contributed by atoms with Gasteiger partial charge >= 0.3 is 0 Å². The Morgan fingerprint density at radius 1 is 1.04 bits per heavy atom. The predicted octanol–water partition coefficient (Wildman–Crippen LogP) is 3.23. The number of hydrogen-bond acceptors (Lipinski definition) is 4. The molecule has 0 saturated heterocycles. The van der Waals surface area contributed by atoms with Crippen LogP contribution in [-0.2, 0) is 14.8 Å². The molecule has 2 aromatic carbocycles. The number of aryl methyl sites for hydroxylation is 1. The minimum absolute atomic E-state index is 0.00749. The highest BCUT2D eigenvalue weighted by atomic mass is 32.2. The maximum absolute atomic E-state index is 12.0. The number of fused-ring (bicyclic) bond motifs is 1. The number of aliphatic imine (C=N–C) groups is 1. The second kappa shape index (κ2) is 8.35. The number of nitrogens with zero attached hydrogens (tertiary/aromatic N) is 1. The molecule has 0 atom stereocenters. The first kappa shape index (κ1) is 19.1. The van der Waals surface area contributed by atoms with E-state index in [0.29, 0.717) is 24.4 Å². The maximum atomic E-state index is 12.0. The normalized spacial score (nSPS) is 16.0. The van der Waals surface area contributed by atoms with Crippen molar-refractivity contribution in [2.75, 3.05) is 11.9 Å². The molecule has 0 unspecified atom stereocenters. The third kappa shape index (κ3) is 4.74. The lowest BCUT2D eigenvalue weighted by molar-refractivity contribution is -0.116. The lowest BCUT2D eigenvalue weighted by Crippen LogP contribution is -2.22. The number of anilines is 1. The van der Waals surface area contributed by atoms with Crippen molar-refractivity contribution >= 4 is 27.5 Å². The van der Waals surface area contributed by atoms with E-state index in [1.54, 1.807) is 24.3 Å². The molecular weight excluding hydrogens is 362 g/mol. The van der Waals surface area contributed by atoms with E-state index < -0.39 is 10.0 Å². The van der Waals surface area contributed by atoms with Gasteiger partial charge in [0.25, 0.3) is 10.0 Å². The van der Waals surface area contributed by atoms with Crippen LogP contribution in [0.25, 0.3) is 0 Å². The zero-order chi connectivity index (χ0) is 19.3. The van der Waals surface area contributed by atoms with E-state index in [1.807, 2.05) is 31.2 Å². The monoisotopic (exact) mass is 385 g/mol. The number of sulfonamides is 1. The highest BCUT2D eigenvalue weighted by Gasteiger charge is 2.29. The Morgan fingerprint density at radius 2 is 1.78 bits per heavy atom. The molecule has 0 radical (unpaired) electrons. The first-order valence-electron chi connectivity index (χ1n) is 8.99. The Morgan fingerprint density at radius 3 is 2.59 bits per heavy atom. The molecule has 1 aliphatic rings. The van der Waals surface area contributed by atoms with Crippen LogP contribution in [0.2, 0.25) is 0 Å². The molecule has 1 heterocycles. The summed E-state index contributed by atoms with van der Waals surface area (Å²) >= 11 is 0. The van der Waals surface area contributed by atoms with Gasteiger partial charge in [-0.3, -0.25) is 14.5 Å². The fraction of sp³-hybridized carbons (Fsp3) is 0.300. The Hall–Kier alpha value is -2.67. The molecule has 7 heteroatoms. The number of carbonyl (C=O) groups excluding carboxylic acids is 1. The van der Waals surface area contributed by atoms with Crippen molar-refractivity contribution in [3.8, 4) is 0 Å². The summed E-state index contributed by atoms with van der Waals surface area (Å²) in [5, 5.41) is 2.92. The third-order valence-corrected chi connectivity index (χ3v) is 5.81. The van der Waals surface area contributed by atoms with Gasteiger partial charge in [0.1, 0.15) is 5.84 Å². The second-order valence-electron chi connectivity index (χ2n) is 6.51. The Kier molecular flexibility index (Phi) is 5.91. The minimum atomic E-state index is -3.48. The number of hydrogen-bond donors (Lipinski definition) is 2. The zero-order valence-electron chi connectivity index (χ0n) is 15.2. The number of para-hydroxylation sites is 1. The average Bonchev–Trinajstić information content (AvgIpc) is 2.91. The number of carbonyl (C=O) groups is 1. The van der Waals surface area contributed by atoms with E-state index in [0.717, 1.165) is 30.5 Å². The summed E-state index contributed by atoms with van der Waals surface area (Å²) < 4.78 is 26.5. The summed E-state index contributed by atoms with van der Waals surface area (Å²) in [7, 11) is -3.48. The first-order valence-corrected chi connectivity index (χ1v) is 10.5. The second-order valence-corrected chi connectivity index (χ2v) is 8.16. The van der Waals surface area contributed by atoms with Crippen LogP contribution in [-0.4, -0.2) is 26.7 Å². The highest BCUT2D eigenvalue weighted by molar-refractivity contribution is 7.90. The molecule has 0 spiro atoms. The van der Waals surface area contributed by atoms with Gasteiger partial charge < -0.3 is 5.32 Å². The van der Waals surface area contributed by atoms with Gasteiger partial charge in [-0.25, -0.2) is 8.42 Å². The molecule has 0 bridgehead atoms. The van der Waals surface area contributed by atoms with E-state index in [1.165, 1.54) is 0 Å². The molecule has 0 aliphatic carbocycles. The summed E-state index contributed by atoms with van der Waals surface area (Å²) in [5.74, 6) is 0.413. The first-order chi connectivity index (χ1) is 13.0. The standard InChI is InChI=1S/C20H23N3O3S/c1-15-9-4-6-11-17(15)22-19(24)13-3-2-8-14-21-20-16-10-5-7-12-18(16)27(25,26)23-20/h4-7,9-12H,2-3,8,13-14H2,1H3,(H,21,23)(H,22,24). The molecule has 6 nitrogen and oxygen atoms in total. The van der Waals surface area contributed by atoms with Crippen LogP contribution in [0.15, 0.2) is 58.4 Å². The van der Waals surface area contributed by atoms with Gasteiger partial charge in [0, 0.05) is 24.2 Å². The van der Waals surface area contributed by atoms with Gasteiger partial charge in [-0.15, -0.1) is 0 Å². The lowest BCUT2D eigenvalue weighted by atomic mass is 10.1. The van der Waals surface area contributed by atoms with E-state index in [9.17, 15) is 13.2 Å². The summed E-state index contributed by atoms with van der Waals surface area (Å²) in [4.78, 5) is 16.7. The van der Waals surface area contributed by atoms with Crippen molar-refractivity contribution in [1.29, 1.82) is 0 Å². The molecule has 0 fully saturated rings. The Labute approximate surface area is 159 Å². The lowest BCUT2D eigenvalue weighted by Gasteiger charge is -2.07. The van der Waals surface area contributed by atoms with Gasteiger partial charge in [0.05, 0.1) is 4.90 Å². The smallest absolute Gasteiger partial charge is 0.263 e. The van der Waals surface area contributed by atoms with Crippen LogP contribution in [0.4, 0.5) is 5.69 Å². The van der Waals surface area contributed by atoms with Crippen LogP contribution in [0.5, 0.6) is 0 Å². The molecule has 27 heavy (non-hydrogen) atoms. The fourth-order valence-corrected chi connectivity index (χ4v) is 4.19. The van der Waals surface area contributed by atoms with Crippen LogP contribution >= 0.6 is 0 Å². The number of benzene rings is 2. The molecule has 3 rings (SSSR count). The van der Waals surface area contributed by atoms with Crippen LogP contribution in [0, 0.1) is 6.92 Å². The van der Waals surface area contributed by atoms with Crippen molar-refractivity contribution in [2.24, 2.45) is 4.99 Å². The molecular formula is C20H23N3O3S. The van der Waals surface area contributed by atoms with Gasteiger partial charge in [0.2, 0.25) is 5.91 Å². The Bertz CT molecular complexity index is 968. The summed E-state index contributed by atoms with van der Waals surface area (Å²) in [5.41, 5.74) is 2.51. The zero-order valence-corrected chi connectivity index (χ0v) is 16.1. The van der Waals surface area contributed by atoms with E-state index in [-0.39, 0.29) is 10.8 Å². The van der Waals surface area contributed by atoms with Gasteiger partial charge in [-0.2, -0.15) is 0 Å². The predicted molar refractivity (Wildman–Crippen MR) is 106 cm³/mol. The molecule has 0 aromatic heterocycles. The fourth-order valence-electron chi connectivity index (χ4n) is 2.94. The Balaban J connectivity index is 1.42. The molecule has 2 N–H and O–H groups in total. The summed E-state index contributed by atoms with van der Waals surface area (Å²) in [6, 6.07) is 14.5. The number of amides is 1. The van der Waals surface area contributed by atoms with Gasteiger partial charge in [0.15, 0.2) is 0 Å². The number of rotatable bonds is 7. The largest absolute Gasteiger partial charge is 0.326 e. The van der Waals surface area contributed by atoms with Crippen molar-refractivity contribution in [3.63, 3.8) is 0 Å². The molecule has 142 valence electrons. The minimum Gasteiger partial charge on any atom is -0.326 e. The molecule has 2 aromatic rings. The molecule has 1 amide bonds. The number of amidine groups is 1. The van der Waals surface area contributed by atoms with Crippen molar-refractivity contribution < 1.29 is 13.2 Å². The quantitative estimate of drug-likeness (QED) is 0.717. The van der Waals surface area contributed by atoms with Crippen molar-refractivity contribution in [1.82, 2.24) is 4.72 Å². The molecule has 0 saturated carbocycles. The van der Waals surface area contributed by atoms with Crippen LogP contribution in [0.3, 0.4) is 0 Å². The van der Waals surface area contributed by atoms with Gasteiger partial charge in [-0.1, -0.05) is 36.8 Å². The number of unbranched alkanes of at least 4 members (excludes halogenated alkanes) is 2.